The zero-order valence-electron chi connectivity index (χ0n) is 14.0. The average molecular weight is 320 g/mol. The molecule has 0 aliphatic heterocycles. The van der Waals surface area contributed by atoms with E-state index in [1.54, 1.807) is 12.1 Å². The van der Waals surface area contributed by atoms with Crippen molar-refractivity contribution < 1.29 is 14.5 Å². The number of non-ortho nitro benzene ring substituents is 1. The number of rotatable bonds is 6. The topological polar surface area (TPSA) is 81.5 Å². The average Bonchev–Trinajstić information content (AvgIpc) is 2.46. The second kappa shape index (κ2) is 6.66. The molecule has 0 spiro atoms. The molecular weight excluding hydrogens is 296 g/mol. The van der Waals surface area contributed by atoms with Gasteiger partial charge < -0.3 is 10.1 Å². The van der Waals surface area contributed by atoms with E-state index in [4.69, 9.17) is 4.74 Å². The Kier molecular flexibility index (Phi) is 5.04. The number of benzene rings is 1. The van der Waals surface area contributed by atoms with Crippen LogP contribution in [0.25, 0.3) is 0 Å². The summed E-state index contributed by atoms with van der Waals surface area (Å²) in [4.78, 5) is 22.5. The Bertz CT molecular complexity index is 598. The van der Waals surface area contributed by atoms with Crippen LogP contribution in [0.2, 0.25) is 0 Å². The normalized spacial score (nSPS) is 22.5. The number of nitro benzene ring substituents is 1. The fourth-order valence-electron chi connectivity index (χ4n) is 2.90. The van der Waals surface area contributed by atoms with Crippen molar-refractivity contribution in [3.63, 3.8) is 0 Å². The molecule has 1 aliphatic carbocycles. The highest BCUT2D eigenvalue weighted by Crippen LogP contribution is 2.43. The molecule has 1 N–H and O–H groups in total. The van der Waals surface area contributed by atoms with Crippen molar-refractivity contribution in [3.8, 4) is 0 Å². The Hall–Kier alpha value is -1.95. The lowest BCUT2D eigenvalue weighted by molar-refractivity contribution is -0.384. The molecule has 0 aromatic heterocycles. The van der Waals surface area contributed by atoms with Gasteiger partial charge >= 0.3 is 0 Å². The first-order valence-corrected chi connectivity index (χ1v) is 7.88. The molecule has 2 atom stereocenters. The van der Waals surface area contributed by atoms with E-state index in [0.717, 1.165) is 6.42 Å². The summed E-state index contributed by atoms with van der Waals surface area (Å²) in [7, 11) is 0. The molecule has 1 saturated carbocycles. The summed E-state index contributed by atoms with van der Waals surface area (Å²) in [5.41, 5.74) is 0.538. The van der Waals surface area contributed by atoms with Gasteiger partial charge in [0.05, 0.1) is 23.6 Å². The summed E-state index contributed by atoms with van der Waals surface area (Å²) in [6.07, 6.45) is 1.25. The molecule has 0 saturated heterocycles. The van der Waals surface area contributed by atoms with Crippen LogP contribution in [-0.2, 0) is 16.0 Å². The number of carbonyl (C=O) groups is 1. The van der Waals surface area contributed by atoms with Gasteiger partial charge in [-0.15, -0.1) is 0 Å². The molecule has 1 aromatic carbocycles. The highest BCUT2D eigenvalue weighted by atomic mass is 16.6. The molecule has 1 aromatic rings. The van der Waals surface area contributed by atoms with Gasteiger partial charge in [0.15, 0.2) is 0 Å². The van der Waals surface area contributed by atoms with Crippen LogP contribution in [0.5, 0.6) is 0 Å². The van der Waals surface area contributed by atoms with Gasteiger partial charge in [-0.2, -0.15) is 0 Å². The lowest BCUT2D eigenvalue weighted by Gasteiger charge is -2.52. The Morgan fingerprint density at radius 2 is 2.17 bits per heavy atom. The number of nitrogens with zero attached hydrogens (tertiary/aromatic N) is 1. The first kappa shape index (κ1) is 17.4. The molecule has 0 bridgehead atoms. The third kappa shape index (κ3) is 4.07. The van der Waals surface area contributed by atoms with E-state index >= 15 is 0 Å². The second-order valence-corrected chi connectivity index (χ2v) is 6.95. The predicted octanol–water partition coefficient (Wildman–Crippen LogP) is 2.85. The van der Waals surface area contributed by atoms with Gasteiger partial charge in [-0.05, 0) is 25.8 Å². The third-order valence-electron chi connectivity index (χ3n) is 4.44. The monoisotopic (exact) mass is 320 g/mol. The van der Waals surface area contributed by atoms with Crippen molar-refractivity contribution in [1.29, 1.82) is 0 Å². The van der Waals surface area contributed by atoms with Gasteiger partial charge in [0.1, 0.15) is 0 Å². The Labute approximate surface area is 136 Å². The molecule has 6 heteroatoms. The van der Waals surface area contributed by atoms with E-state index in [1.165, 1.54) is 12.1 Å². The van der Waals surface area contributed by atoms with Crippen molar-refractivity contribution in [2.24, 2.45) is 5.41 Å². The molecule has 6 nitrogen and oxygen atoms in total. The van der Waals surface area contributed by atoms with Crippen LogP contribution in [-0.4, -0.2) is 29.1 Å². The lowest BCUT2D eigenvalue weighted by atomic mass is 9.64. The molecule has 23 heavy (non-hydrogen) atoms. The number of carbonyl (C=O) groups excluding carboxylic acids is 1. The van der Waals surface area contributed by atoms with Crippen LogP contribution in [0.3, 0.4) is 0 Å². The molecule has 1 aliphatic rings. The summed E-state index contributed by atoms with van der Waals surface area (Å²) >= 11 is 0. The van der Waals surface area contributed by atoms with Gasteiger partial charge in [0.25, 0.3) is 5.69 Å². The van der Waals surface area contributed by atoms with Crippen LogP contribution in [0.1, 0.15) is 39.7 Å². The highest BCUT2D eigenvalue weighted by molar-refractivity contribution is 5.79. The van der Waals surface area contributed by atoms with Crippen LogP contribution < -0.4 is 5.32 Å². The Morgan fingerprint density at radius 1 is 1.48 bits per heavy atom. The van der Waals surface area contributed by atoms with E-state index in [0.29, 0.717) is 5.56 Å². The van der Waals surface area contributed by atoms with Gasteiger partial charge in [-0.3, -0.25) is 14.9 Å². The zero-order valence-corrected chi connectivity index (χ0v) is 14.0. The van der Waals surface area contributed by atoms with E-state index in [-0.39, 0.29) is 41.7 Å². The van der Waals surface area contributed by atoms with Crippen LogP contribution in [0.15, 0.2) is 24.3 Å². The summed E-state index contributed by atoms with van der Waals surface area (Å²) in [6.45, 7) is 8.18. The standard InChI is InChI=1S/C17H24N2O4/c1-11(2)23-15-10-14(17(15,3)4)18-16(20)9-12-6-5-7-13(8-12)19(21)22/h5-8,11,14-15H,9-10H2,1-4H3,(H,18,20)/t14-,15-/m0/s1. The SMILES string of the molecule is CC(C)O[C@H]1C[C@H](NC(=O)Cc2cccc([N+](=O)[O-])c2)C1(C)C. The highest BCUT2D eigenvalue weighted by Gasteiger charge is 2.49. The van der Waals surface area contributed by atoms with E-state index in [2.05, 4.69) is 19.2 Å². The van der Waals surface area contributed by atoms with Crippen molar-refractivity contribution in [2.75, 3.05) is 0 Å². The van der Waals surface area contributed by atoms with Crippen LogP contribution in [0.4, 0.5) is 5.69 Å². The maximum absolute atomic E-state index is 12.2. The summed E-state index contributed by atoms with van der Waals surface area (Å²) in [5.74, 6) is -0.119. The molecule has 0 radical (unpaired) electrons. The van der Waals surface area contributed by atoms with Crippen LogP contribution >= 0.6 is 0 Å². The van der Waals surface area contributed by atoms with Gasteiger partial charge in [0, 0.05) is 23.6 Å². The first-order valence-electron chi connectivity index (χ1n) is 7.88. The van der Waals surface area contributed by atoms with E-state index < -0.39 is 4.92 Å². The Balaban J connectivity index is 1.91. The number of nitrogens with one attached hydrogen (secondary N) is 1. The van der Waals surface area contributed by atoms with E-state index in [9.17, 15) is 14.9 Å². The predicted molar refractivity (Wildman–Crippen MR) is 87.1 cm³/mol. The molecule has 0 heterocycles. The summed E-state index contributed by atoms with van der Waals surface area (Å²) < 4.78 is 5.85. The fraction of sp³-hybridized carbons (Fsp3) is 0.588. The van der Waals surface area contributed by atoms with Gasteiger partial charge in [0.2, 0.25) is 5.91 Å². The molecule has 2 rings (SSSR count). The third-order valence-corrected chi connectivity index (χ3v) is 4.44. The number of ether oxygens (including phenoxy) is 1. The fourth-order valence-corrected chi connectivity index (χ4v) is 2.90. The molecule has 0 unspecified atom stereocenters. The van der Waals surface area contributed by atoms with Crippen molar-refractivity contribution in [3.05, 3.63) is 39.9 Å². The molecule has 126 valence electrons. The number of hydrogen-bond donors (Lipinski definition) is 1. The summed E-state index contributed by atoms with van der Waals surface area (Å²) in [5, 5.41) is 13.8. The molecule has 1 amide bonds. The molecule has 1 fully saturated rings. The van der Waals surface area contributed by atoms with Gasteiger partial charge in [-0.25, -0.2) is 0 Å². The summed E-state index contributed by atoms with van der Waals surface area (Å²) in [6, 6.07) is 6.25. The van der Waals surface area contributed by atoms with E-state index in [1.807, 2.05) is 13.8 Å². The Morgan fingerprint density at radius 3 is 2.74 bits per heavy atom. The number of amides is 1. The van der Waals surface area contributed by atoms with Crippen LogP contribution in [0, 0.1) is 15.5 Å². The number of hydrogen-bond acceptors (Lipinski definition) is 4. The zero-order chi connectivity index (χ0) is 17.2. The largest absolute Gasteiger partial charge is 0.375 e. The van der Waals surface area contributed by atoms with Crippen molar-refractivity contribution in [2.45, 2.75) is 58.8 Å². The van der Waals surface area contributed by atoms with Gasteiger partial charge in [-0.1, -0.05) is 26.0 Å². The minimum atomic E-state index is -0.454. The first-order chi connectivity index (χ1) is 10.7. The second-order valence-electron chi connectivity index (χ2n) is 6.95. The van der Waals surface area contributed by atoms with Crippen molar-refractivity contribution >= 4 is 11.6 Å². The molecular formula is C17H24N2O4. The quantitative estimate of drug-likeness (QED) is 0.645. The maximum Gasteiger partial charge on any atom is 0.269 e. The lowest BCUT2D eigenvalue weighted by Crippen LogP contribution is -2.62. The minimum Gasteiger partial charge on any atom is -0.375 e. The number of nitro groups is 1. The minimum absolute atomic E-state index is 0.00433. The maximum atomic E-state index is 12.2. The van der Waals surface area contributed by atoms with Crippen molar-refractivity contribution in [1.82, 2.24) is 5.32 Å². The smallest absolute Gasteiger partial charge is 0.269 e.